The Morgan fingerprint density at radius 3 is 2.67 bits per heavy atom. The summed E-state index contributed by atoms with van der Waals surface area (Å²) in [6, 6.07) is 0.363. The van der Waals surface area contributed by atoms with Crippen LogP contribution in [0.5, 0.6) is 0 Å². The molecule has 3 nitrogen and oxygen atoms in total. The molecule has 1 N–H and O–H groups in total. The molecule has 0 aromatic heterocycles. The lowest BCUT2D eigenvalue weighted by molar-refractivity contribution is -0.0250. The summed E-state index contributed by atoms with van der Waals surface area (Å²) in [5, 5.41) is 9.24. The van der Waals surface area contributed by atoms with Gasteiger partial charge < -0.3 is 9.84 Å². The molecule has 1 rings (SSSR count). The van der Waals surface area contributed by atoms with Gasteiger partial charge in [-0.25, -0.2) is 0 Å². The lowest BCUT2D eigenvalue weighted by atomic mass is 10.0. The number of piperidine rings is 1. The number of nitrogens with zero attached hydrogens (tertiary/aromatic N) is 1. The first-order valence-electron chi connectivity index (χ1n) is 6.02. The number of rotatable bonds is 4. The Balaban J connectivity index is 2.23. The molecule has 0 spiro atoms. The molecule has 0 saturated carbocycles. The molecule has 1 aliphatic heterocycles. The van der Waals surface area contributed by atoms with E-state index in [0.717, 1.165) is 26.1 Å². The molecular weight excluding hydrogens is 190 g/mol. The number of aliphatic hydroxyl groups is 1. The molecule has 0 amide bonds. The van der Waals surface area contributed by atoms with Gasteiger partial charge in [-0.2, -0.15) is 0 Å². The first kappa shape index (κ1) is 12.9. The largest absolute Gasteiger partial charge is 0.395 e. The van der Waals surface area contributed by atoms with Gasteiger partial charge in [-0.3, -0.25) is 4.90 Å². The average Bonchev–Trinajstić information content (AvgIpc) is 2.16. The first-order chi connectivity index (χ1) is 7.03. The minimum atomic E-state index is -0.0511. The lowest BCUT2D eigenvalue weighted by Crippen LogP contribution is -2.44. The third-order valence-electron chi connectivity index (χ3n) is 2.87. The van der Waals surface area contributed by atoms with Gasteiger partial charge in [0.2, 0.25) is 0 Å². The monoisotopic (exact) mass is 215 g/mol. The average molecular weight is 215 g/mol. The molecule has 1 heterocycles. The topological polar surface area (TPSA) is 32.7 Å². The molecule has 1 fully saturated rings. The molecule has 1 atom stereocenters. The molecule has 1 saturated heterocycles. The van der Waals surface area contributed by atoms with Gasteiger partial charge in [0, 0.05) is 12.6 Å². The van der Waals surface area contributed by atoms with E-state index in [1.54, 1.807) is 0 Å². The van der Waals surface area contributed by atoms with Gasteiger partial charge in [0.1, 0.15) is 0 Å². The third-order valence-corrected chi connectivity index (χ3v) is 2.87. The van der Waals surface area contributed by atoms with Crippen LogP contribution in [0.15, 0.2) is 0 Å². The van der Waals surface area contributed by atoms with E-state index in [9.17, 15) is 5.11 Å². The summed E-state index contributed by atoms with van der Waals surface area (Å²) >= 11 is 0. The molecule has 3 heteroatoms. The third kappa shape index (κ3) is 4.96. The van der Waals surface area contributed by atoms with Crippen molar-refractivity contribution < 1.29 is 9.84 Å². The molecule has 1 unspecified atom stereocenters. The molecule has 1 aliphatic rings. The van der Waals surface area contributed by atoms with Gasteiger partial charge in [-0.05, 0) is 40.2 Å². The van der Waals surface area contributed by atoms with Gasteiger partial charge in [-0.1, -0.05) is 6.42 Å². The summed E-state index contributed by atoms with van der Waals surface area (Å²) in [5.41, 5.74) is -0.0511. The summed E-state index contributed by atoms with van der Waals surface area (Å²) < 4.78 is 5.70. The van der Waals surface area contributed by atoms with Gasteiger partial charge in [0.15, 0.2) is 0 Å². The number of hydrogen-bond donors (Lipinski definition) is 1. The zero-order valence-electron chi connectivity index (χ0n) is 10.3. The number of likely N-dealkylation sites (tertiary alicyclic amines) is 1. The number of hydrogen-bond acceptors (Lipinski definition) is 3. The highest BCUT2D eigenvalue weighted by atomic mass is 16.5. The van der Waals surface area contributed by atoms with Crippen LogP contribution in [0.1, 0.15) is 40.0 Å². The van der Waals surface area contributed by atoms with Crippen molar-refractivity contribution in [2.24, 2.45) is 0 Å². The maximum absolute atomic E-state index is 9.24. The van der Waals surface area contributed by atoms with Crippen molar-refractivity contribution in [3.8, 4) is 0 Å². The highest BCUT2D eigenvalue weighted by Gasteiger charge is 2.21. The minimum Gasteiger partial charge on any atom is -0.395 e. The number of aliphatic hydroxyl groups excluding tert-OH is 1. The summed E-state index contributed by atoms with van der Waals surface area (Å²) in [6.45, 7) is 9.34. The Hall–Kier alpha value is -0.120. The molecule has 0 bridgehead atoms. The molecule has 0 aromatic rings. The van der Waals surface area contributed by atoms with Crippen LogP contribution in [0.25, 0.3) is 0 Å². The summed E-state index contributed by atoms with van der Waals surface area (Å²) in [5.74, 6) is 0. The van der Waals surface area contributed by atoms with Crippen LogP contribution >= 0.6 is 0 Å². The van der Waals surface area contributed by atoms with Crippen LogP contribution in [0.3, 0.4) is 0 Å². The molecule has 90 valence electrons. The van der Waals surface area contributed by atoms with Crippen molar-refractivity contribution in [1.82, 2.24) is 4.90 Å². The predicted molar refractivity (Wildman–Crippen MR) is 62.0 cm³/mol. The summed E-state index contributed by atoms with van der Waals surface area (Å²) in [7, 11) is 0. The van der Waals surface area contributed by atoms with Crippen molar-refractivity contribution in [3.63, 3.8) is 0 Å². The Labute approximate surface area is 93.4 Å². The first-order valence-corrected chi connectivity index (χ1v) is 6.02. The summed E-state index contributed by atoms with van der Waals surface area (Å²) in [4.78, 5) is 2.36. The highest BCUT2D eigenvalue weighted by Crippen LogP contribution is 2.16. The van der Waals surface area contributed by atoms with Crippen molar-refractivity contribution in [3.05, 3.63) is 0 Å². The van der Waals surface area contributed by atoms with E-state index in [2.05, 4.69) is 25.7 Å². The predicted octanol–water partition coefficient (Wildman–Crippen LogP) is 1.65. The Morgan fingerprint density at radius 1 is 1.33 bits per heavy atom. The molecule has 0 radical (unpaired) electrons. The van der Waals surface area contributed by atoms with E-state index in [0.29, 0.717) is 6.04 Å². The van der Waals surface area contributed by atoms with Crippen molar-refractivity contribution in [2.75, 3.05) is 26.3 Å². The second kappa shape index (κ2) is 5.83. The van der Waals surface area contributed by atoms with Crippen molar-refractivity contribution >= 4 is 0 Å². The van der Waals surface area contributed by atoms with Gasteiger partial charge in [0.25, 0.3) is 0 Å². The van der Waals surface area contributed by atoms with E-state index in [4.69, 9.17) is 4.74 Å². The van der Waals surface area contributed by atoms with Crippen molar-refractivity contribution in [1.29, 1.82) is 0 Å². The fraction of sp³-hybridized carbons (Fsp3) is 1.00. The Bertz CT molecular complexity index is 177. The van der Waals surface area contributed by atoms with Crippen molar-refractivity contribution in [2.45, 2.75) is 51.7 Å². The van der Waals surface area contributed by atoms with Crippen LogP contribution in [0, 0.1) is 0 Å². The second-order valence-electron chi connectivity index (χ2n) is 5.33. The standard InChI is InChI=1S/C12H25NO2/c1-12(2,3)15-9-8-13-7-5-4-6-11(13)10-14/h11,14H,4-10H2,1-3H3. The fourth-order valence-corrected chi connectivity index (χ4v) is 2.03. The van der Waals surface area contributed by atoms with E-state index in [1.807, 2.05) is 0 Å². The van der Waals surface area contributed by atoms with Gasteiger partial charge >= 0.3 is 0 Å². The zero-order valence-corrected chi connectivity index (χ0v) is 10.3. The van der Waals surface area contributed by atoms with Gasteiger partial charge in [-0.15, -0.1) is 0 Å². The van der Waals surface area contributed by atoms with Crippen LogP contribution in [-0.2, 0) is 4.74 Å². The normalized spacial score (nSPS) is 24.4. The second-order valence-corrected chi connectivity index (χ2v) is 5.33. The molecule has 0 aliphatic carbocycles. The number of ether oxygens (including phenoxy) is 1. The highest BCUT2D eigenvalue weighted by molar-refractivity contribution is 4.76. The Kier molecular flexibility index (Phi) is 5.03. The lowest BCUT2D eigenvalue weighted by Gasteiger charge is -2.35. The summed E-state index contributed by atoms with van der Waals surface area (Å²) in [6.07, 6.45) is 3.64. The minimum absolute atomic E-state index is 0.0511. The van der Waals surface area contributed by atoms with Crippen LogP contribution in [-0.4, -0.2) is 48.0 Å². The molecule has 15 heavy (non-hydrogen) atoms. The zero-order chi connectivity index (χ0) is 11.3. The van der Waals surface area contributed by atoms with E-state index >= 15 is 0 Å². The van der Waals surface area contributed by atoms with Crippen LogP contribution in [0.2, 0.25) is 0 Å². The van der Waals surface area contributed by atoms with Gasteiger partial charge in [0.05, 0.1) is 18.8 Å². The maximum atomic E-state index is 9.24. The Morgan fingerprint density at radius 2 is 2.07 bits per heavy atom. The molecule has 0 aromatic carbocycles. The fourth-order valence-electron chi connectivity index (χ4n) is 2.03. The van der Waals surface area contributed by atoms with E-state index < -0.39 is 0 Å². The van der Waals surface area contributed by atoms with Crippen LogP contribution in [0.4, 0.5) is 0 Å². The quantitative estimate of drug-likeness (QED) is 0.774. The SMILES string of the molecule is CC(C)(C)OCCN1CCCCC1CO. The van der Waals surface area contributed by atoms with E-state index in [1.165, 1.54) is 12.8 Å². The van der Waals surface area contributed by atoms with E-state index in [-0.39, 0.29) is 12.2 Å². The smallest absolute Gasteiger partial charge is 0.0600 e. The molecular formula is C12H25NO2. The van der Waals surface area contributed by atoms with Crippen LogP contribution < -0.4 is 0 Å². The maximum Gasteiger partial charge on any atom is 0.0600 e.